The molecule has 190 valence electrons. The van der Waals surface area contributed by atoms with Gasteiger partial charge in [0.2, 0.25) is 0 Å². The van der Waals surface area contributed by atoms with Crippen LogP contribution >= 0.6 is 0 Å². The van der Waals surface area contributed by atoms with Crippen molar-refractivity contribution in [2.45, 2.75) is 25.3 Å². The standard InChI is InChI=1S/C27H37FN4O3/c1-4-30-21-31(25-12-8-7-11-24(25)30)18-17-29-15-13-27(14-16-29,20-35-3)32(26(33)19-34-2)23-10-6-5-9-22(23)28/h5-12H,4,13-21H2,1-3H3. The molecule has 0 bridgehead atoms. The Kier molecular flexibility index (Phi) is 8.26. The van der Waals surface area contributed by atoms with Crippen molar-refractivity contribution in [1.82, 2.24) is 4.90 Å². The van der Waals surface area contributed by atoms with Crippen molar-refractivity contribution in [1.29, 1.82) is 0 Å². The molecule has 0 spiro atoms. The molecule has 0 N–H and O–H groups in total. The van der Waals surface area contributed by atoms with Gasteiger partial charge < -0.3 is 24.2 Å². The van der Waals surface area contributed by atoms with Gasteiger partial charge in [-0.2, -0.15) is 0 Å². The van der Waals surface area contributed by atoms with Crippen LogP contribution in [0, 0.1) is 5.82 Å². The molecule has 1 amide bonds. The minimum absolute atomic E-state index is 0.105. The fourth-order valence-corrected chi connectivity index (χ4v) is 5.45. The van der Waals surface area contributed by atoms with E-state index in [4.69, 9.17) is 9.47 Å². The van der Waals surface area contributed by atoms with Crippen molar-refractivity contribution in [3.05, 3.63) is 54.3 Å². The lowest BCUT2D eigenvalue weighted by Gasteiger charge is -2.48. The fourth-order valence-electron chi connectivity index (χ4n) is 5.45. The Bertz CT molecular complexity index is 996. The zero-order chi connectivity index (χ0) is 24.8. The van der Waals surface area contributed by atoms with Crippen LogP contribution in [0.25, 0.3) is 0 Å². The molecule has 4 rings (SSSR count). The normalized spacial score (nSPS) is 17.5. The van der Waals surface area contributed by atoms with Crippen molar-refractivity contribution in [2.75, 3.05) is 81.5 Å². The summed E-state index contributed by atoms with van der Waals surface area (Å²) < 4.78 is 25.6. The number of rotatable bonds is 10. The summed E-state index contributed by atoms with van der Waals surface area (Å²) in [6.07, 6.45) is 1.39. The predicted octanol–water partition coefficient (Wildman–Crippen LogP) is 3.59. The number of carbonyl (C=O) groups is 1. The van der Waals surface area contributed by atoms with Crippen molar-refractivity contribution in [3.8, 4) is 0 Å². The SMILES string of the molecule is CCN1CN(CCN2CCC(COC)(N(C(=O)COC)c3ccccc3F)CC2)c2ccccc21. The average Bonchev–Trinajstić information content (AvgIpc) is 3.23. The molecule has 2 aliphatic heterocycles. The van der Waals surface area contributed by atoms with E-state index >= 15 is 0 Å². The zero-order valence-corrected chi connectivity index (χ0v) is 21.1. The molecular formula is C27H37FN4O3. The minimum Gasteiger partial charge on any atom is -0.382 e. The number of amides is 1. The van der Waals surface area contributed by atoms with Crippen LogP contribution in [0.4, 0.5) is 21.5 Å². The molecule has 8 heteroatoms. The number of carbonyl (C=O) groups excluding carboxylic acids is 1. The first-order valence-corrected chi connectivity index (χ1v) is 12.4. The maximum Gasteiger partial charge on any atom is 0.253 e. The molecule has 35 heavy (non-hydrogen) atoms. The van der Waals surface area contributed by atoms with E-state index in [0.29, 0.717) is 19.4 Å². The summed E-state index contributed by atoms with van der Waals surface area (Å²) in [7, 11) is 3.12. The van der Waals surface area contributed by atoms with Gasteiger partial charge in [0.15, 0.2) is 0 Å². The van der Waals surface area contributed by atoms with E-state index in [1.807, 2.05) is 0 Å². The Hall–Kier alpha value is -2.68. The predicted molar refractivity (Wildman–Crippen MR) is 138 cm³/mol. The number of ether oxygens (including phenoxy) is 2. The molecule has 2 aromatic carbocycles. The molecule has 2 heterocycles. The van der Waals surface area contributed by atoms with Gasteiger partial charge in [-0.05, 0) is 44.0 Å². The highest BCUT2D eigenvalue weighted by molar-refractivity contribution is 5.96. The summed E-state index contributed by atoms with van der Waals surface area (Å²) in [5.74, 6) is -0.667. The van der Waals surface area contributed by atoms with Gasteiger partial charge in [-0.1, -0.05) is 24.3 Å². The number of hydrogen-bond donors (Lipinski definition) is 0. The number of fused-ring (bicyclic) bond motifs is 1. The minimum atomic E-state index is -0.623. The maximum absolute atomic E-state index is 14.9. The highest BCUT2D eigenvalue weighted by Gasteiger charge is 2.44. The Morgan fingerprint density at radius 3 is 2.26 bits per heavy atom. The lowest BCUT2D eigenvalue weighted by atomic mass is 9.85. The van der Waals surface area contributed by atoms with E-state index in [1.54, 1.807) is 30.2 Å². The highest BCUT2D eigenvalue weighted by atomic mass is 19.1. The Morgan fingerprint density at radius 2 is 1.63 bits per heavy atom. The average molecular weight is 485 g/mol. The summed E-state index contributed by atoms with van der Waals surface area (Å²) in [5.41, 5.74) is 2.25. The first kappa shape index (κ1) is 25.4. The molecule has 7 nitrogen and oxygen atoms in total. The van der Waals surface area contributed by atoms with Crippen LogP contribution in [0.3, 0.4) is 0 Å². The second-order valence-electron chi connectivity index (χ2n) is 9.36. The molecule has 1 fully saturated rings. The van der Waals surface area contributed by atoms with Crippen LogP contribution in [-0.2, 0) is 14.3 Å². The molecule has 0 aliphatic carbocycles. The highest BCUT2D eigenvalue weighted by Crippen LogP contribution is 2.37. The molecule has 0 unspecified atom stereocenters. The van der Waals surface area contributed by atoms with Gasteiger partial charge in [0.1, 0.15) is 12.4 Å². The zero-order valence-electron chi connectivity index (χ0n) is 21.1. The lowest BCUT2D eigenvalue weighted by Crippen LogP contribution is -2.61. The van der Waals surface area contributed by atoms with Gasteiger partial charge in [0.05, 0.1) is 35.9 Å². The van der Waals surface area contributed by atoms with Crippen LogP contribution in [0.5, 0.6) is 0 Å². The molecule has 0 atom stereocenters. The number of benzene rings is 2. The van der Waals surface area contributed by atoms with Crippen LogP contribution < -0.4 is 14.7 Å². The van der Waals surface area contributed by atoms with E-state index in [2.05, 4.69) is 45.9 Å². The number of piperidine rings is 1. The number of methoxy groups -OCH3 is 2. The number of nitrogens with zero attached hydrogens (tertiary/aromatic N) is 4. The number of anilines is 3. The van der Waals surface area contributed by atoms with E-state index in [9.17, 15) is 9.18 Å². The number of para-hydroxylation sites is 3. The number of hydrogen-bond acceptors (Lipinski definition) is 6. The van der Waals surface area contributed by atoms with Crippen LogP contribution in [-0.4, -0.2) is 83.2 Å². The van der Waals surface area contributed by atoms with Crippen molar-refractivity contribution >= 4 is 23.0 Å². The first-order valence-electron chi connectivity index (χ1n) is 12.4. The fraction of sp³-hybridized carbons (Fsp3) is 0.519. The quantitative estimate of drug-likeness (QED) is 0.514. The topological polar surface area (TPSA) is 48.5 Å². The molecular weight excluding hydrogens is 447 g/mol. The van der Waals surface area contributed by atoms with Crippen molar-refractivity contribution in [3.63, 3.8) is 0 Å². The third-order valence-electron chi connectivity index (χ3n) is 7.26. The lowest BCUT2D eigenvalue weighted by molar-refractivity contribution is -0.124. The number of halogens is 1. The Balaban J connectivity index is 1.46. The molecule has 2 aromatic rings. The summed E-state index contributed by atoms with van der Waals surface area (Å²) in [4.78, 5) is 22.0. The molecule has 0 saturated carbocycles. The van der Waals surface area contributed by atoms with E-state index in [0.717, 1.165) is 39.4 Å². The summed E-state index contributed by atoms with van der Waals surface area (Å²) in [6.45, 7) is 7.80. The van der Waals surface area contributed by atoms with Gasteiger partial charge in [0, 0.05) is 46.9 Å². The van der Waals surface area contributed by atoms with E-state index in [-0.39, 0.29) is 18.2 Å². The molecule has 0 aromatic heterocycles. The van der Waals surface area contributed by atoms with Crippen LogP contribution in [0.1, 0.15) is 19.8 Å². The van der Waals surface area contributed by atoms with Gasteiger partial charge in [0.25, 0.3) is 5.91 Å². The third kappa shape index (κ3) is 5.29. The summed E-state index contributed by atoms with van der Waals surface area (Å²) >= 11 is 0. The smallest absolute Gasteiger partial charge is 0.253 e. The Labute approximate surface area is 208 Å². The monoisotopic (exact) mass is 484 g/mol. The number of likely N-dealkylation sites (tertiary alicyclic amines) is 1. The molecule has 1 saturated heterocycles. The van der Waals surface area contributed by atoms with E-state index in [1.165, 1.54) is 24.6 Å². The first-order chi connectivity index (χ1) is 17.0. The second kappa shape index (κ2) is 11.4. The molecule has 2 aliphatic rings. The molecule has 0 radical (unpaired) electrons. The van der Waals surface area contributed by atoms with E-state index < -0.39 is 11.4 Å². The summed E-state index contributed by atoms with van der Waals surface area (Å²) in [6, 6.07) is 15.0. The maximum atomic E-state index is 14.9. The van der Waals surface area contributed by atoms with Gasteiger partial charge in [-0.25, -0.2) is 4.39 Å². The second-order valence-corrected chi connectivity index (χ2v) is 9.36. The third-order valence-corrected chi connectivity index (χ3v) is 7.26. The van der Waals surface area contributed by atoms with Gasteiger partial charge in [-0.15, -0.1) is 0 Å². The van der Waals surface area contributed by atoms with Crippen LogP contribution in [0.15, 0.2) is 48.5 Å². The van der Waals surface area contributed by atoms with Crippen LogP contribution in [0.2, 0.25) is 0 Å². The Morgan fingerprint density at radius 1 is 0.971 bits per heavy atom. The van der Waals surface area contributed by atoms with Crippen molar-refractivity contribution in [2.24, 2.45) is 0 Å². The largest absolute Gasteiger partial charge is 0.382 e. The summed E-state index contributed by atoms with van der Waals surface area (Å²) in [5, 5.41) is 0. The van der Waals surface area contributed by atoms with Gasteiger partial charge in [-0.3, -0.25) is 9.69 Å². The van der Waals surface area contributed by atoms with Gasteiger partial charge >= 0.3 is 0 Å². The van der Waals surface area contributed by atoms with Crippen molar-refractivity contribution < 1.29 is 18.7 Å².